The third-order valence-corrected chi connectivity index (χ3v) is 3.64. The molecule has 0 aliphatic heterocycles. The second-order valence-electron chi connectivity index (χ2n) is 4.25. The molecule has 6 heteroatoms. The van der Waals surface area contributed by atoms with E-state index in [2.05, 4.69) is 10.3 Å². The van der Waals surface area contributed by atoms with Gasteiger partial charge >= 0.3 is 0 Å². The van der Waals surface area contributed by atoms with Crippen LogP contribution in [0.15, 0.2) is 35.8 Å². The lowest BCUT2D eigenvalue weighted by Crippen LogP contribution is -2.23. The van der Waals surface area contributed by atoms with Crippen LogP contribution >= 0.6 is 11.3 Å². The summed E-state index contributed by atoms with van der Waals surface area (Å²) in [5, 5.41) is 4.70. The molecule has 2 aromatic rings. The fraction of sp³-hybridized carbons (Fsp3) is 0.286. The molecule has 0 aliphatic rings. The molecule has 0 bridgehead atoms. The number of likely N-dealkylation sites (N-methyl/N-ethyl adjacent to an activating group) is 1. The smallest absolute Gasteiger partial charge is 0.265 e. The molecule has 0 aromatic carbocycles. The Labute approximate surface area is 122 Å². The van der Waals surface area contributed by atoms with E-state index < -0.39 is 0 Å². The van der Waals surface area contributed by atoms with E-state index in [0.717, 1.165) is 12.4 Å². The number of amides is 1. The van der Waals surface area contributed by atoms with Gasteiger partial charge in [0.15, 0.2) is 0 Å². The van der Waals surface area contributed by atoms with Crippen LogP contribution in [0.5, 0.6) is 0 Å². The number of thiophene rings is 1. The minimum Gasteiger partial charge on any atom is -0.383 e. The van der Waals surface area contributed by atoms with Crippen LogP contribution in [0.1, 0.15) is 9.67 Å². The Morgan fingerprint density at radius 2 is 2.30 bits per heavy atom. The van der Waals surface area contributed by atoms with E-state index in [9.17, 15) is 4.79 Å². The first-order chi connectivity index (χ1) is 9.70. The number of hydrogen-bond donors (Lipinski definition) is 1. The summed E-state index contributed by atoms with van der Waals surface area (Å²) >= 11 is 1.41. The van der Waals surface area contributed by atoms with Crippen molar-refractivity contribution in [2.45, 2.75) is 0 Å². The van der Waals surface area contributed by atoms with Crippen molar-refractivity contribution in [3.63, 3.8) is 0 Å². The molecule has 0 fully saturated rings. The number of hydrogen-bond acceptors (Lipinski definition) is 5. The zero-order valence-corrected chi connectivity index (χ0v) is 12.3. The van der Waals surface area contributed by atoms with Crippen LogP contribution in [0.4, 0.5) is 11.5 Å². The van der Waals surface area contributed by atoms with Crippen LogP contribution < -0.4 is 10.2 Å². The number of ether oxygens (including phenoxy) is 1. The van der Waals surface area contributed by atoms with Gasteiger partial charge in [-0.3, -0.25) is 4.79 Å². The first-order valence-electron chi connectivity index (χ1n) is 6.21. The Bertz CT molecular complexity index is 540. The Kier molecular flexibility index (Phi) is 5.09. The molecule has 0 atom stereocenters. The van der Waals surface area contributed by atoms with Crippen molar-refractivity contribution in [1.82, 2.24) is 4.98 Å². The van der Waals surface area contributed by atoms with E-state index in [4.69, 9.17) is 4.74 Å². The minimum atomic E-state index is -0.109. The lowest BCUT2D eigenvalue weighted by atomic mass is 10.3. The summed E-state index contributed by atoms with van der Waals surface area (Å²) in [5.41, 5.74) is 0.687. The lowest BCUT2D eigenvalue weighted by molar-refractivity contribution is 0.103. The number of nitrogens with one attached hydrogen (secondary N) is 1. The van der Waals surface area contributed by atoms with E-state index >= 15 is 0 Å². The topological polar surface area (TPSA) is 54.5 Å². The van der Waals surface area contributed by atoms with Crippen molar-refractivity contribution >= 4 is 28.7 Å². The number of pyridine rings is 1. The highest BCUT2D eigenvalue weighted by atomic mass is 32.1. The highest BCUT2D eigenvalue weighted by molar-refractivity contribution is 7.12. The molecular formula is C14H17N3O2S. The Balaban J connectivity index is 1.96. The van der Waals surface area contributed by atoms with E-state index in [1.807, 2.05) is 35.5 Å². The van der Waals surface area contributed by atoms with Crippen molar-refractivity contribution in [3.8, 4) is 0 Å². The van der Waals surface area contributed by atoms with Crippen LogP contribution in [0.2, 0.25) is 0 Å². The Hall–Kier alpha value is -1.92. The predicted molar refractivity (Wildman–Crippen MR) is 81.7 cm³/mol. The molecule has 1 amide bonds. The quantitative estimate of drug-likeness (QED) is 0.888. The molecule has 106 valence electrons. The number of aromatic nitrogens is 1. The molecule has 1 N–H and O–H groups in total. The predicted octanol–water partition coefficient (Wildman–Crippen LogP) is 2.48. The first-order valence-corrected chi connectivity index (χ1v) is 7.09. The zero-order valence-electron chi connectivity index (χ0n) is 11.5. The van der Waals surface area contributed by atoms with Crippen LogP contribution in [0, 0.1) is 0 Å². The second-order valence-corrected chi connectivity index (χ2v) is 5.20. The lowest BCUT2D eigenvalue weighted by Gasteiger charge is -2.17. The van der Waals surface area contributed by atoms with Gasteiger partial charge < -0.3 is 15.0 Å². The zero-order chi connectivity index (χ0) is 14.4. The molecular weight excluding hydrogens is 274 g/mol. The van der Waals surface area contributed by atoms with Gasteiger partial charge in [0.1, 0.15) is 5.82 Å². The maximum absolute atomic E-state index is 11.9. The van der Waals surface area contributed by atoms with Crippen molar-refractivity contribution in [3.05, 3.63) is 40.7 Å². The van der Waals surface area contributed by atoms with E-state index in [1.54, 1.807) is 19.4 Å². The molecule has 0 saturated carbocycles. The number of anilines is 2. The number of carbonyl (C=O) groups excluding carboxylic acids is 1. The summed E-state index contributed by atoms with van der Waals surface area (Å²) in [6.45, 7) is 1.42. The van der Waals surface area contributed by atoms with Crippen LogP contribution in [0.25, 0.3) is 0 Å². The van der Waals surface area contributed by atoms with Crippen LogP contribution in [-0.2, 0) is 4.74 Å². The SMILES string of the molecule is COCCN(C)c1ccc(NC(=O)c2cccs2)cn1. The molecule has 0 spiro atoms. The van der Waals surface area contributed by atoms with Crippen LogP contribution in [0.3, 0.4) is 0 Å². The highest BCUT2D eigenvalue weighted by Gasteiger charge is 2.07. The van der Waals surface area contributed by atoms with Crippen molar-refractivity contribution in [2.75, 3.05) is 37.5 Å². The van der Waals surface area contributed by atoms with Gasteiger partial charge in [-0.2, -0.15) is 0 Å². The third-order valence-electron chi connectivity index (χ3n) is 2.77. The van der Waals surface area contributed by atoms with Crippen LogP contribution in [-0.4, -0.2) is 38.2 Å². The van der Waals surface area contributed by atoms with Gasteiger partial charge in [0, 0.05) is 20.7 Å². The van der Waals surface area contributed by atoms with Gasteiger partial charge in [-0.25, -0.2) is 4.98 Å². The summed E-state index contributed by atoms with van der Waals surface area (Å²) in [5.74, 6) is 0.735. The number of carbonyl (C=O) groups is 1. The molecule has 0 saturated heterocycles. The molecule has 2 aromatic heterocycles. The third kappa shape index (κ3) is 3.79. The summed E-state index contributed by atoms with van der Waals surface area (Å²) in [7, 11) is 3.62. The molecule has 5 nitrogen and oxygen atoms in total. The van der Waals surface area contributed by atoms with E-state index in [-0.39, 0.29) is 5.91 Å². The maximum Gasteiger partial charge on any atom is 0.265 e. The van der Waals surface area contributed by atoms with Gasteiger partial charge in [-0.05, 0) is 23.6 Å². The average Bonchev–Trinajstić information content (AvgIpc) is 3.00. The van der Waals surface area contributed by atoms with Crippen molar-refractivity contribution in [2.24, 2.45) is 0 Å². The van der Waals surface area contributed by atoms with Crippen molar-refractivity contribution in [1.29, 1.82) is 0 Å². The number of nitrogens with zero attached hydrogens (tertiary/aromatic N) is 2. The summed E-state index contributed by atoms with van der Waals surface area (Å²) in [6.07, 6.45) is 1.66. The van der Waals surface area contributed by atoms with Gasteiger partial charge in [-0.15, -0.1) is 11.3 Å². The van der Waals surface area contributed by atoms with E-state index in [1.165, 1.54) is 11.3 Å². The monoisotopic (exact) mass is 291 g/mol. The molecule has 2 rings (SSSR count). The molecule has 0 unspecified atom stereocenters. The van der Waals surface area contributed by atoms with E-state index in [0.29, 0.717) is 17.2 Å². The summed E-state index contributed by atoms with van der Waals surface area (Å²) in [6, 6.07) is 7.36. The fourth-order valence-electron chi connectivity index (χ4n) is 1.63. The second kappa shape index (κ2) is 7.02. The highest BCUT2D eigenvalue weighted by Crippen LogP contribution is 2.15. The summed E-state index contributed by atoms with van der Waals surface area (Å²) in [4.78, 5) is 18.9. The van der Waals surface area contributed by atoms with Gasteiger partial charge in [0.05, 0.1) is 23.4 Å². The van der Waals surface area contributed by atoms with Crippen molar-refractivity contribution < 1.29 is 9.53 Å². The van der Waals surface area contributed by atoms with Gasteiger partial charge in [-0.1, -0.05) is 6.07 Å². The molecule has 20 heavy (non-hydrogen) atoms. The Morgan fingerprint density at radius 1 is 1.45 bits per heavy atom. The normalized spacial score (nSPS) is 10.3. The minimum absolute atomic E-state index is 0.109. The van der Waals surface area contributed by atoms with Gasteiger partial charge in [0.25, 0.3) is 5.91 Å². The maximum atomic E-state index is 11.9. The molecule has 0 radical (unpaired) electrons. The largest absolute Gasteiger partial charge is 0.383 e. The summed E-state index contributed by atoms with van der Waals surface area (Å²) < 4.78 is 5.03. The Morgan fingerprint density at radius 3 is 2.90 bits per heavy atom. The fourth-order valence-corrected chi connectivity index (χ4v) is 2.25. The molecule has 2 heterocycles. The van der Waals surface area contributed by atoms with Gasteiger partial charge in [0.2, 0.25) is 0 Å². The standard InChI is InChI=1S/C14H17N3O2S/c1-17(7-8-19-2)13-6-5-11(10-15-13)16-14(18)12-4-3-9-20-12/h3-6,9-10H,7-8H2,1-2H3,(H,16,18). The molecule has 0 aliphatic carbocycles. The number of rotatable bonds is 6. The number of methoxy groups -OCH3 is 1. The first kappa shape index (κ1) is 14.5. The average molecular weight is 291 g/mol.